The van der Waals surface area contributed by atoms with Crippen molar-refractivity contribution in [2.24, 2.45) is 0 Å². The van der Waals surface area contributed by atoms with Gasteiger partial charge in [0.1, 0.15) is 6.04 Å². The molecule has 0 amide bonds. The lowest BCUT2D eigenvalue weighted by Gasteiger charge is -2.31. The molecule has 0 radical (unpaired) electrons. The van der Waals surface area contributed by atoms with Crippen LogP contribution < -0.4 is 5.32 Å². The molecule has 0 aromatic carbocycles. The summed E-state index contributed by atoms with van der Waals surface area (Å²) < 4.78 is 1.82. The Balaban J connectivity index is 1.82. The van der Waals surface area contributed by atoms with Gasteiger partial charge in [0, 0.05) is 29.6 Å². The quantitative estimate of drug-likeness (QED) is 0.861. The van der Waals surface area contributed by atoms with Gasteiger partial charge >= 0.3 is 0 Å². The van der Waals surface area contributed by atoms with Crippen LogP contribution in [-0.4, -0.2) is 31.3 Å². The Morgan fingerprint density at radius 3 is 3.08 bits per heavy atom. The number of hydrogen-bond acceptors (Lipinski definition) is 6. The molecule has 1 atom stereocenters. The number of aromatic nitrogens is 4. The highest BCUT2D eigenvalue weighted by Gasteiger charge is 2.37. The van der Waals surface area contributed by atoms with Crippen LogP contribution in [0.25, 0.3) is 0 Å². The third kappa shape index (κ3) is 2.62. The molecule has 2 aromatic heterocycles. The molecule has 1 aliphatic heterocycles. The number of pyridine rings is 1. The lowest BCUT2D eigenvalue weighted by molar-refractivity contribution is -0.116. The van der Waals surface area contributed by atoms with Gasteiger partial charge in [0.05, 0.1) is 5.69 Å². The Bertz CT molecular complexity index is 799. The van der Waals surface area contributed by atoms with Gasteiger partial charge in [-0.3, -0.25) is 9.78 Å². The fourth-order valence-electron chi connectivity index (χ4n) is 3.20. The highest BCUT2D eigenvalue weighted by molar-refractivity contribution is 7.99. The molecular weight excluding hydrogens is 322 g/mol. The zero-order chi connectivity index (χ0) is 16.5. The molecule has 1 N–H and O–H groups in total. The fraction of sp³-hybridized carbons (Fsp3) is 0.412. The van der Waals surface area contributed by atoms with Crippen LogP contribution in [0.5, 0.6) is 0 Å². The highest BCUT2D eigenvalue weighted by Crippen LogP contribution is 2.39. The van der Waals surface area contributed by atoms with E-state index in [2.05, 4.69) is 27.3 Å². The van der Waals surface area contributed by atoms with E-state index in [1.165, 1.54) is 0 Å². The first-order valence-corrected chi connectivity index (χ1v) is 9.30. The van der Waals surface area contributed by atoms with Crippen molar-refractivity contribution in [3.8, 4) is 0 Å². The smallest absolute Gasteiger partial charge is 0.227 e. The van der Waals surface area contributed by atoms with Crippen molar-refractivity contribution < 1.29 is 4.79 Å². The summed E-state index contributed by atoms with van der Waals surface area (Å²) in [4.78, 5) is 21.7. The van der Waals surface area contributed by atoms with Crippen LogP contribution in [0, 0.1) is 0 Å². The number of carbonyl (C=O) groups excluding carboxylic acids is 1. The zero-order valence-electron chi connectivity index (χ0n) is 13.5. The molecule has 1 unspecified atom stereocenters. The Labute approximate surface area is 144 Å². The van der Waals surface area contributed by atoms with Crippen molar-refractivity contribution in [3.05, 3.63) is 41.4 Å². The summed E-state index contributed by atoms with van der Waals surface area (Å²) in [5.41, 5.74) is 2.61. The van der Waals surface area contributed by atoms with E-state index in [1.807, 2.05) is 22.9 Å². The molecule has 124 valence electrons. The van der Waals surface area contributed by atoms with E-state index in [1.54, 1.807) is 18.0 Å². The number of anilines is 1. The fourth-order valence-corrected chi connectivity index (χ4v) is 3.89. The van der Waals surface area contributed by atoms with Gasteiger partial charge in [0.25, 0.3) is 0 Å². The van der Waals surface area contributed by atoms with E-state index in [0.717, 1.165) is 47.1 Å². The van der Waals surface area contributed by atoms with Crippen molar-refractivity contribution >= 4 is 23.5 Å². The highest BCUT2D eigenvalue weighted by atomic mass is 32.2. The SMILES string of the molecule is CCCSc1nc2n(n1)C(c1ccccn1)C1=C(CCCC1=O)N2. The van der Waals surface area contributed by atoms with Gasteiger partial charge in [-0.25, -0.2) is 4.68 Å². The van der Waals surface area contributed by atoms with Crippen molar-refractivity contribution in [1.82, 2.24) is 19.7 Å². The Kier molecular flexibility index (Phi) is 4.10. The van der Waals surface area contributed by atoms with Gasteiger partial charge in [-0.15, -0.1) is 5.10 Å². The van der Waals surface area contributed by atoms with Crippen LogP contribution in [0.3, 0.4) is 0 Å². The van der Waals surface area contributed by atoms with Gasteiger partial charge < -0.3 is 5.32 Å². The van der Waals surface area contributed by atoms with Crippen molar-refractivity contribution in [3.63, 3.8) is 0 Å². The average Bonchev–Trinajstić information content (AvgIpc) is 3.01. The maximum Gasteiger partial charge on any atom is 0.227 e. The number of thioether (sulfide) groups is 1. The first kappa shape index (κ1) is 15.4. The van der Waals surface area contributed by atoms with Crippen LogP contribution >= 0.6 is 11.8 Å². The van der Waals surface area contributed by atoms with Crippen LogP contribution in [0.2, 0.25) is 0 Å². The topological polar surface area (TPSA) is 72.7 Å². The second kappa shape index (κ2) is 6.39. The third-order valence-electron chi connectivity index (χ3n) is 4.25. The monoisotopic (exact) mass is 341 g/mol. The molecule has 2 aromatic rings. The number of Topliss-reactive ketones (excluding diaryl/α,β-unsaturated/α-hetero) is 1. The summed E-state index contributed by atoms with van der Waals surface area (Å²) in [5, 5.41) is 8.73. The molecule has 0 saturated carbocycles. The van der Waals surface area contributed by atoms with E-state index in [4.69, 9.17) is 0 Å². The summed E-state index contributed by atoms with van der Waals surface area (Å²) in [5.74, 6) is 1.87. The summed E-state index contributed by atoms with van der Waals surface area (Å²) in [6.07, 6.45) is 5.17. The van der Waals surface area contributed by atoms with Crippen LogP contribution in [-0.2, 0) is 4.79 Å². The second-order valence-corrected chi connectivity index (χ2v) is 7.02. The van der Waals surface area contributed by atoms with E-state index in [-0.39, 0.29) is 11.8 Å². The predicted octanol–water partition coefficient (Wildman–Crippen LogP) is 3.20. The molecule has 1 aliphatic carbocycles. The van der Waals surface area contributed by atoms with E-state index in [9.17, 15) is 4.79 Å². The number of rotatable bonds is 4. The number of allylic oxidation sites excluding steroid dienone is 2. The summed E-state index contributed by atoms with van der Waals surface area (Å²) in [6, 6.07) is 5.50. The van der Waals surface area contributed by atoms with Crippen LogP contribution in [0.1, 0.15) is 44.3 Å². The summed E-state index contributed by atoms with van der Waals surface area (Å²) >= 11 is 1.64. The van der Waals surface area contributed by atoms with Crippen molar-refractivity contribution in [2.45, 2.75) is 43.8 Å². The molecule has 0 bridgehead atoms. The van der Waals surface area contributed by atoms with E-state index < -0.39 is 0 Å². The van der Waals surface area contributed by atoms with Gasteiger partial charge in [-0.05, 0) is 31.4 Å². The molecular formula is C17H19N5OS. The van der Waals surface area contributed by atoms with Gasteiger partial charge in [0.2, 0.25) is 11.1 Å². The second-order valence-electron chi connectivity index (χ2n) is 5.96. The lowest BCUT2D eigenvalue weighted by Crippen LogP contribution is -2.32. The normalized spacial score (nSPS) is 19.7. The molecule has 0 saturated heterocycles. The maximum absolute atomic E-state index is 12.6. The predicted molar refractivity (Wildman–Crippen MR) is 92.9 cm³/mol. The van der Waals surface area contributed by atoms with Crippen molar-refractivity contribution in [2.75, 3.05) is 11.1 Å². The lowest BCUT2D eigenvalue weighted by atomic mass is 9.87. The largest absolute Gasteiger partial charge is 0.328 e. The molecule has 24 heavy (non-hydrogen) atoms. The minimum Gasteiger partial charge on any atom is -0.328 e. The van der Waals surface area contributed by atoms with Crippen LogP contribution in [0.4, 0.5) is 5.95 Å². The molecule has 3 heterocycles. The van der Waals surface area contributed by atoms with E-state index >= 15 is 0 Å². The molecule has 4 rings (SSSR count). The maximum atomic E-state index is 12.6. The first-order valence-electron chi connectivity index (χ1n) is 8.31. The van der Waals surface area contributed by atoms with E-state index in [0.29, 0.717) is 12.4 Å². The number of hydrogen-bond donors (Lipinski definition) is 1. The molecule has 0 fully saturated rings. The third-order valence-corrected chi connectivity index (χ3v) is 5.30. The Morgan fingerprint density at radius 2 is 2.29 bits per heavy atom. The van der Waals surface area contributed by atoms with Gasteiger partial charge in [0.15, 0.2) is 5.78 Å². The molecule has 0 spiro atoms. The standard InChI is InChI=1S/C17H19N5OS/c1-2-10-24-17-20-16-19-11-7-5-8-13(23)14(11)15(22(16)21-17)12-6-3-4-9-18-12/h3-4,6,9,15H,2,5,7-8,10H2,1H3,(H,19,20,21). The number of ketones is 1. The van der Waals surface area contributed by atoms with Gasteiger partial charge in [-0.1, -0.05) is 24.8 Å². The van der Waals surface area contributed by atoms with Crippen LogP contribution in [0.15, 0.2) is 40.8 Å². The first-order chi connectivity index (χ1) is 11.8. The Morgan fingerprint density at radius 1 is 1.38 bits per heavy atom. The minimum atomic E-state index is -0.284. The number of nitrogens with one attached hydrogen (secondary N) is 1. The summed E-state index contributed by atoms with van der Waals surface area (Å²) in [6.45, 7) is 2.14. The van der Waals surface area contributed by atoms with Crippen molar-refractivity contribution in [1.29, 1.82) is 0 Å². The van der Waals surface area contributed by atoms with Gasteiger partial charge in [-0.2, -0.15) is 4.98 Å². The molecule has 6 nitrogen and oxygen atoms in total. The summed E-state index contributed by atoms with van der Waals surface area (Å²) in [7, 11) is 0. The number of fused-ring (bicyclic) bond motifs is 1. The Hall–Kier alpha value is -2.15. The average molecular weight is 341 g/mol. The molecule has 7 heteroatoms. The molecule has 2 aliphatic rings. The number of carbonyl (C=O) groups is 1. The zero-order valence-corrected chi connectivity index (χ0v) is 14.3. The minimum absolute atomic E-state index is 0.184. The number of nitrogens with zero attached hydrogens (tertiary/aromatic N) is 4.